The monoisotopic (exact) mass is 435 g/mol. The number of nitrogens with zero attached hydrogens (tertiary/aromatic N) is 1. The van der Waals surface area contributed by atoms with E-state index in [4.69, 9.17) is 15.2 Å². The number of esters is 2. The molecule has 0 fully saturated rings. The number of anilines is 1. The first kappa shape index (κ1) is 22.4. The van der Waals surface area contributed by atoms with Crippen LogP contribution in [0.15, 0.2) is 17.5 Å². The average molecular weight is 436 g/mol. The number of hydrogen-bond acceptors (Lipinski definition) is 9. The van der Waals surface area contributed by atoms with Gasteiger partial charge in [0.1, 0.15) is 28.6 Å². The molecule has 1 amide bonds. The van der Waals surface area contributed by atoms with Gasteiger partial charge in [-0.3, -0.25) is 4.79 Å². The third kappa shape index (κ3) is 5.34. The standard InChI is InChI=1S/C19H21N3O5S2/c1-4-26-19(25)15-12(11(8-20)16(21)29-15)9-27-18(24)14(10(2)3)22-17(23)13-6-5-7-28-13/h5-7,10,14H,4,9,21H2,1-3H3,(H,22,23). The van der Waals surface area contributed by atoms with Gasteiger partial charge in [-0.2, -0.15) is 5.26 Å². The van der Waals surface area contributed by atoms with Gasteiger partial charge in [0.15, 0.2) is 0 Å². The summed E-state index contributed by atoms with van der Waals surface area (Å²) in [6.45, 7) is 5.02. The molecule has 1 unspecified atom stereocenters. The molecule has 0 saturated carbocycles. The number of ether oxygens (including phenoxy) is 2. The first-order valence-electron chi connectivity index (χ1n) is 8.79. The molecule has 2 aromatic rings. The van der Waals surface area contributed by atoms with Crippen molar-refractivity contribution in [2.45, 2.75) is 33.4 Å². The first-order valence-corrected chi connectivity index (χ1v) is 10.5. The van der Waals surface area contributed by atoms with Crippen LogP contribution in [0.25, 0.3) is 0 Å². The third-order valence-corrected chi connectivity index (χ3v) is 5.83. The van der Waals surface area contributed by atoms with Crippen molar-refractivity contribution in [3.05, 3.63) is 38.4 Å². The van der Waals surface area contributed by atoms with E-state index >= 15 is 0 Å². The fraction of sp³-hybridized carbons (Fsp3) is 0.368. The van der Waals surface area contributed by atoms with Gasteiger partial charge in [-0.15, -0.1) is 22.7 Å². The molecule has 0 spiro atoms. The fourth-order valence-corrected chi connectivity index (χ4v) is 4.00. The van der Waals surface area contributed by atoms with Crippen LogP contribution in [0.5, 0.6) is 0 Å². The van der Waals surface area contributed by atoms with Gasteiger partial charge in [0.25, 0.3) is 5.91 Å². The minimum Gasteiger partial charge on any atom is -0.462 e. The highest BCUT2D eigenvalue weighted by Crippen LogP contribution is 2.32. The molecule has 29 heavy (non-hydrogen) atoms. The fourth-order valence-electron chi connectivity index (χ4n) is 2.46. The van der Waals surface area contributed by atoms with Gasteiger partial charge in [-0.25, -0.2) is 9.59 Å². The molecule has 0 aliphatic heterocycles. The lowest BCUT2D eigenvalue weighted by Crippen LogP contribution is -2.45. The molecule has 2 aromatic heterocycles. The SMILES string of the molecule is CCOC(=O)c1sc(N)c(C#N)c1COC(=O)C(NC(=O)c1cccs1)C(C)C. The lowest BCUT2D eigenvalue weighted by Gasteiger charge is -2.20. The van der Waals surface area contributed by atoms with Crippen molar-refractivity contribution >= 4 is 45.5 Å². The second kappa shape index (κ2) is 10.0. The summed E-state index contributed by atoms with van der Waals surface area (Å²) in [5.41, 5.74) is 6.09. The van der Waals surface area contributed by atoms with E-state index in [-0.39, 0.29) is 46.0 Å². The molecular formula is C19H21N3O5S2. The van der Waals surface area contributed by atoms with Gasteiger partial charge in [-0.05, 0) is 24.3 Å². The molecule has 1 atom stereocenters. The summed E-state index contributed by atoms with van der Waals surface area (Å²) in [4.78, 5) is 37.6. The largest absolute Gasteiger partial charge is 0.462 e. The second-order valence-electron chi connectivity index (χ2n) is 6.26. The maximum Gasteiger partial charge on any atom is 0.348 e. The molecule has 2 heterocycles. The van der Waals surface area contributed by atoms with Crippen molar-refractivity contribution < 1.29 is 23.9 Å². The highest BCUT2D eigenvalue weighted by molar-refractivity contribution is 7.18. The van der Waals surface area contributed by atoms with Crippen LogP contribution in [0.4, 0.5) is 5.00 Å². The molecule has 0 aliphatic rings. The Hall–Kier alpha value is -2.90. The number of amides is 1. The van der Waals surface area contributed by atoms with Crippen molar-refractivity contribution in [3.8, 4) is 6.07 Å². The zero-order valence-corrected chi connectivity index (χ0v) is 17.8. The van der Waals surface area contributed by atoms with E-state index in [0.29, 0.717) is 4.88 Å². The smallest absolute Gasteiger partial charge is 0.348 e. The molecule has 154 valence electrons. The number of nitriles is 1. The van der Waals surface area contributed by atoms with E-state index < -0.39 is 18.0 Å². The molecule has 0 aromatic carbocycles. The Morgan fingerprint density at radius 2 is 2.03 bits per heavy atom. The Balaban J connectivity index is 2.16. The number of rotatable bonds is 8. The van der Waals surface area contributed by atoms with Crippen LogP contribution in [-0.4, -0.2) is 30.5 Å². The Labute approximate surface area is 176 Å². The van der Waals surface area contributed by atoms with Gasteiger partial charge in [-0.1, -0.05) is 19.9 Å². The number of carbonyl (C=O) groups excluding carboxylic acids is 3. The van der Waals surface area contributed by atoms with Crippen molar-refractivity contribution in [3.63, 3.8) is 0 Å². The van der Waals surface area contributed by atoms with E-state index in [9.17, 15) is 19.6 Å². The molecule has 0 radical (unpaired) electrons. The van der Waals surface area contributed by atoms with Gasteiger partial charge >= 0.3 is 11.9 Å². The lowest BCUT2D eigenvalue weighted by atomic mass is 10.0. The van der Waals surface area contributed by atoms with Crippen molar-refractivity contribution in [2.24, 2.45) is 5.92 Å². The highest BCUT2D eigenvalue weighted by Gasteiger charge is 2.29. The van der Waals surface area contributed by atoms with Gasteiger partial charge in [0.2, 0.25) is 0 Å². The van der Waals surface area contributed by atoms with Crippen LogP contribution in [0.2, 0.25) is 0 Å². The minimum atomic E-state index is -0.892. The topological polar surface area (TPSA) is 132 Å². The molecule has 2 rings (SSSR count). The third-order valence-electron chi connectivity index (χ3n) is 3.92. The Kier molecular flexibility index (Phi) is 7.75. The number of carbonyl (C=O) groups is 3. The Morgan fingerprint density at radius 3 is 2.59 bits per heavy atom. The van der Waals surface area contributed by atoms with Gasteiger partial charge < -0.3 is 20.5 Å². The zero-order valence-electron chi connectivity index (χ0n) is 16.2. The summed E-state index contributed by atoms with van der Waals surface area (Å²) in [5.74, 6) is -1.92. The van der Waals surface area contributed by atoms with Crippen LogP contribution < -0.4 is 11.1 Å². The summed E-state index contributed by atoms with van der Waals surface area (Å²) in [6, 6.07) is 4.43. The molecule has 10 heteroatoms. The highest BCUT2D eigenvalue weighted by atomic mass is 32.1. The molecule has 0 saturated heterocycles. The first-order chi connectivity index (χ1) is 13.8. The minimum absolute atomic E-state index is 0.0783. The lowest BCUT2D eigenvalue weighted by molar-refractivity contribution is -0.148. The van der Waals surface area contributed by atoms with Crippen LogP contribution in [0.3, 0.4) is 0 Å². The average Bonchev–Trinajstić information content (AvgIpc) is 3.31. The predicted octanol–water partition coefficient (Wildman–Crippen LogP) is 2.94. The van der Waals surface area contributed by atoms with Crippen LogP contribution in [0, 0.1) is 17.2 Å². The van der Waals surface area contributed by atoms with E-state index in [0.717, 1.165) is 11.3 Å². The van der Waals surface area contributed by atoms with E-state index in [1.807, 2.05) is 6.07 Å². The number of thiophene rings is 2. The molecule has 3 N–H and O–H groups in total. The number of nitrogens with two attached hydrogens (primary N) is 1. The summed E-state index contributed by atoms with van der Waals surface area (Å²) < 4.78 is 10.3. The number of nitrogen functional groups attached to an aromatic ring is 1. The molecule has 0 aliphatic carbocycles. The molecule has 0 bridgehead atoms. The number of nitrogens with one attached hydrogen (secondary N) is 1. The van der Waals surface area contributed by atoms with Gasteiger partial charge in [0, 0.05) is 5.56 Å². The Bertz CT molecular complexity index is 929. The Morgan fingerprint density at radius 1 is 1.31 bits per heavy atom. The predicted molar refractivity (Wildman–Crippen MR) is 110 cm³/mol. The van der Waals surface area contributed by atoms with Gasteiger partial charge in [0.05, 0.1) is 17.0 Å². The summed E-state index contributed by atoms with van der Waals surface area (Å²) in [6.07, 6.45) is 0. The normalized spacial score (nSPS) is 11.6. The molecule has 8 nitrogen and oxygen atoms in total. The maximum absolute atomic E-state index is 12.6. The van der Waals surface area contributed by atoms with Crippen LogP contribution in [-0.2, 0) is 20.9 Å². The summed E-state index contributed by atoms with van der Waals surface area (Å²) in [5, 5.41) is 13.9. The van der Waals surface area contributed by atoms with E-state index in [1.165, 1.54) is 11.3 Å². The summed E-state index contributed by atoms with van der Waals surface area (Å²) in [7, 11) is 0. The van der Waals surface area contributed by atoms with Crippen molar-refractivity contribution in [2.75, 3.05) is 12.3 Å². The zero-order chi connectivity index (χ0) is 21.6. The molecular weight excluding hydrogens is 414 g/mol. The maximum atomic E-state index is 12.6. The quantitative estimate of drug-likeness (QED) is 0.609. The van der Waals surface area contributed by atoms with E-state index in [2.05, 4.69) is 5.32 Å². The second-order valence-corrected chi connectivity index (χ2v) is 8.26. The van der Waals surface area contributed by atoms with Crippen LogP contribution >= 0.6 is 22.7 Å². The summed E-state index contributed by atoms with van der Waals surface area (Å²) >= 11 is 2.17. The van der Waals surface area contributed by atoms with Crippen molar-refractivity contribution in [1.29, 1.82) is 5.26 Å². The number of hydrogen-bond donors (Lipinski definition) is 2. The van der Waals surface area contributed by atoms with Crippen molar-refractivity contribution in [1.82, 2.24) is 5.32 Å². The van der Waals surface area contributed by atoms with E-state index in [1.54, 1.807) is 38.3 Å². The van der Waals surface area contributed by atoms with Crippen LogP contribution in [0.1, 0.15) is 51.2 Å².